The molecule has 0 aliphatic carbocycles. The fraction of sp³-hybridized carbons (Fsp3) is 0.591. The van der Waals surface area contributed by atoms with Gasteiger partial charge in [-0.15, -0.1) is 23.1 Å². The summed E-state index contributed by atoms with van der Waals surface area (Å²) in [6.45, 7) is 13.8. The zero-order valence-electron chi connectivity index (χ0n) is 20.0. The summed E-state index contributed by atoms with van der Waals surface area (Å²) >= 11 is 3.08. The van der Waals surface area contributed by atoms with E-state index >= 15 is 0 Å². The predicted octanol–water partition coefficient (Wildman–Crippen LogP) is 5.58. The molecule has 32 heavy (non-hydrogen) atoms. The van der Waals surface area contributed by atoms with E-state index in [1.165, 1.54) is 16.7 Å². The quantitative estimate of drug-likeness (QED) is 0.284. The Kier molecular flexibility index (Phi) is 7.58. The minimum absolute atomic E-state index is 0.290. The molecule has 1 aliphatic rings. The number of imide groups is 1. The van der Waals surface area contributed by atoms with Crippen LogP contribution in [0.5, 0.6) is 0 Å². The molecule has 2 amide bonds. The van der Waals surface area contributed by atoms with Gasteiger partial charge >= 0.3 is 6.09 Å². The lowest BCUT2D eigenvalue weighted by molar-refractivity contribution is 0.0233. The largest absolute Gasteiger partial charge is 0.443 e. The van der Waals surface area contributed by atoms with Gasteiger partial charge in [0.1, 0.15) is 18.0 Å². The van der Waals surface area contributed by atoms with Crippen molar-refractivity contribution >= 4 is 43.2 Å². The summed E-state index contributed by atoms with van der Waals surface area (Å²) in [7, 11) is -1.12. The Hall–Kier alpha value is -1.62. The van der Waals surface area contributed by atoms with E-state index in [4.69, 9.17) is 9.47 Å². The molecule has 2 aromatic rings. The van der Waals surface area contributed by atoms with Crippen LogP contribution in [-0.4, -0.2) is 59.8 Å². The topological polar surface area (TPSA) is 73.7 Å². The lowest BCUT2D eigenvalue weighted by atomic mass is 10.0. The van der Waals surface area contributed by atoms with Gasteiger partial charge in [0.2, 0.25) is 0 Å². The Morgan fingerprint density at radius 3 is 2.66 bits per heavy atom. The molecule has 0 aromatic carbocycles. The number of rotatable bonds is 7. The summed E-state index contributed by atoms with van der Waals surface area (Å²) in [5.74, 6) is -0.290. The van der Waals surface area contributed by atoms with Gasteiger partial charge in [-0.25, -0.2) is 14.4 Å². The third kappa shape index (κ3) is 6.03. The van der Waals surface area contributed by atoms with Crippen LogP contribution < -0.4 is 0 Å². The van der Waals surface area contributed by atoms with Crippen LogP contribution in [0.4, 0.5) is 4.79 Å². The van der Waals surface area contributed by atoms with Gasteiger partial charge in [0, 0.05) is 27.4 Å². The zero-order valence-corrected chi connectivity index (χ0v) is 22.6. The van der Waals surface area contributed by atoms with Crippen LogP contribution in [0.1, 0.15) is 36.7 Å². The number of hydrogen-bond acceptors (Lipinski definition) is 7. The fourth-order valence-corrected chi connectivity index (χ4v) is 6.08. The number of ether oxygens (including phenoxy) is 2. The first-order chi connectivity index (χ1) is 14.9. The van der Waals surface area contributed by atoms with Gasteiger partial charge in [-0.1, -0.05) is 19.6 Å². The maximum atomic E-state index is 13.2. The number of amides is 2. The average molecular weight is 496 g/mol. The summed E-state index contributed by atoms with van der Waals surface area (Å²) in [6, 6.07) is 3.08. The standard InChI is InChI=1S/C22H33N3O4S2Si/c1-22(2,3)29-21(27)25-11-8-15-17(19(25)26)20(30-4)31-18(15)16-9-10-24(23-16)14-28-12-13-32(5,6)7/h9-10H,8,11-14H2,1-7H3. The summed E-state index contributed by atoms with van der Waals surface area (Å²) in [5, 5.41) is 4.69. The smallest absolute Gasteiger partial charge is 0.417 e. The Morgan fingerprint density at radius 2 is 2.03 bits per heavy atom. The van der Waals surface area contributed by atoms with Gasteiger partial charge in [-0.3, -0.25) is 4.79 Å². The Bertz CT molecular complexity index is 988. The molecular formula is C22H33N3O4S2Si. The van der Waals surface area contributed by atoms with E-state index < -0.39 is 19.8 Å². The fourth-order valence-electron chi connectivity index (χ4n) is 3.29. The van der Waals surface area contributed by atoms with Crippen LogP contribution in [0, 0.1) is 0 Å². The maximum absolute atomic E-state index is 13.2. The summed E-state index contributed by atoms with van der Waals surface area (Å²) < 4.78 is 13.9. The van der Waals surface area contributed by atoms with Gasteiger partial charge < -0.3 is 9.47 Å². The van der Waals surface area contributed by atoms with Gasteiger partial charge in [-0.05, 0) is 51.1 Å². The summed E-state index contributed by atoms with van der Waals surface area (Å²) in [5.41, 5.74) is 1.76. The van der Waals surface area contributed by atoms with E-state index in [2.05, 4.69) is 24.7 Å². The highest BCUT2D eigenvalue weighted by Gasteiger charge is 2.37. The number of thiophene rings is 1. The molecule has 0 spiro atoms. The normalized spacial score (nSPS) is 14.6. The van der Waals surface area contributed by atoms with Crippen LogP contribution >= 0.6 is 23.1 Å². The molecule has 176 valence electrons. The van der Waals surface area contributed by atoms with Crippen molar-refractivity contribution in [2.45, 2.75) is 69.4 Å². The first-order valence-corrected chi connectivity index (χ1v) is 16.5. The second-order valence-corrected chi connectivity index (χ2v) is 17.8. The van der Waals surface area contributed by atoms with E-state index in [1.54, 1.807) is 36.8 Å². The number of aromatic nitrogens is 2. The third-order valence-electron chi connectivity index (χ3n) is 4.91. The molecular weight excluding hydrogens is 462 g/mol. The van der Waals surface area contributed by atoms with Crippen molar-refractivity contribution in [1.29, 1.82) is 0 Å². The molecule has 0 fully saturated rings. The molecule has 3 rings (SSSR count). The maximum Gasteiger partial charge on any atom is 0.417 e. The number of carbonyl (C=O) groups is 2. The Morgan fingerprint density at radius 1 is 1.31 bits per heavy atom. The van der Waals surface area contributed by atoms with E-state index in [0.717, 1.165) is 33.0 Å². The number of hydrogen-bond donors (Lipinski definition) is 0. The van der Waals surface area contributed by atoms with E-state index in [9.17, 15) is 9.59 Å². The highest BCUT2D eigenvalue weighted by Crippen LogP contribution is 2.43. The molecule has 0 bridgehead atoms. The zero-order chi connectivity index (χ0) is 23.7. The molecule has 0 radical (unpaired) electrons. The highest BCUT2D eigenvalue weighted by atomic mass is 32.2. The second-order valence-electron chi connectivity index (χ2n) is 10.1. The van der Waals surface area contributed by atoms with Crippen LogP contribution in [-0.2, 0) is 22.6 Å². The number of fused-ring (bicyclic) bond motifs is 1. The van der Waals surface area contributed by atoms with Crippen molar-refractivity contribution in [2.24, 2.45) is 0 Å². The predicted molar refractivity (Wildman–Crippen MR) is 132 cm³/mol. The third-order valence-corrected chi connectivity index (χ3v) is 8.99. The van der Waals surface area contributed by atoms with Gasteiger partial charge in [0.15, 0.2) is 0 Å². The molecule has 0 saturated heterocycles. The van der Waals surface area contributed by atoms with Crippen molar-refractivity contribution in [3.8, 4) is 10.6 Å². The molecule has 0 atom stereocenters. The van der Waals surface area contributed by atoms with Crippen molar-refractivity contribution in [2.75, 3.05) is 19.4 Å². The summed E-state index contributed by atoms with van der Waals surface area (Å²) in [4.78, 5) is 28.0. The lowest BCUT2D eigenvalue weighted by Crippen LogP contribution is -2.44. The molecule has 0 N–H and O–H groups in total. The molecule has 1 aliphatic heterocycles. The van der Waals surface area contributed by atoms with Gasteiger partial charge in [0.05, 0.1) is 14.6 Å². The lowest BCUT2D eigenvalue weighted by Gasteiger charge is -2.29. The van der Waals surface area contributed by atoms with Crippen LogP contribution in [0.2, 0.25) is 25.7 Å². The van der Waals surface area contributed by atoms with Crippen LogP contribution in [0.15, 0.2) is 16.5 Å². The minimum Gasteiger partial charge on any atom is -0.443 e. The SMILES string of the molecule is CSc1sc(-c2ccn(COCC[Si](C)(C)C)n2)c2c1C(=O)N(C(=O)OC(C)(C)C)CC2. The first kappa shape index (κ1) is 25.0. The number of carbonyl (C=O) groups excluding carboxylic acids is 2. The minimum atomic E-state index is -1.12. The number of nitrogens with zero attached hydrogens (tertiary/aromatic N) is 3. The Balaban J connectivity index is 1.78. The van der Waals surface area contributed by atoms with E-state index in [-0.39, 0.29) is 5.91 Å². The molecule has 0 saturated carbocycles. The van der Waals surface area contributed by atoms with Crippen molar-refractivity contribution in [3.05, 3.63) is 23.4 Å². The van der Waals surface area contributed by atoms with Gasteiger partial charge in [-0.2, -0.15) is 5.10 Å². The van der Waals surface area contributed by atoms with Crippen molar-refractivity contribution in [3.63, 3.8) is 0 Å². The van der Waals surface area contributed by atoms with Crippen molar-refractivity contribution < 1.29 is 19.1 Å². The Labute approximate surface area is 199 Å². The van der Waals surface area contributed by atoms with Crippen LogP contribution in [0.3, 0.4) is 0 Å². The molecule has 3 heterocycles. The van der Waals surface area contributed by atoms with E-state index in [0.29, 0.717) is 25.3 Å². The molecule has 7 nitrogen and oxygen atoms in total. The molecule has 10 heteroatoms. The average Bonchev–Trinajstić information content (AvgIpc) is 3.27. The second kappa shape index (κ2) is 9.70. The van der Waals surface area contributed by atoms with Gasteiger partial charge in [0.25, 0.3) is 5.91 Å². The molecule has 2 aromatic heterocycles. The summed E-state index contributed by atoms with van der Waals surface area (Å²) in [6.07, 6.45) is 3.85. The van der Waals surface area contributed by atoms with Crippen LogP contribution in [0.25, 0.3) is 10.6 Å². The van der Waals surface area contributed by atoms with E-state index in [1.807, 2.05) is 18.5 Å². The monoisotopic (exact) mass is 495 g/mol. The van der Waals surface area contributed by atoms with Crippen molar-refractivity contribution in [1.82, 2.24) is 14.7 Å². The highest BCUT2D eigenvalue weighted by molar-refractivity contribution is 8.00. The first-order valence-electron chi connectivity index (χ1n) is 10.8. The molecule has 0 unspecified atom stereocenters. The number of thioether (sulfide) groups is 1.